The predicted molar refractivity (Wildman–Crippen MR) is 75.2 cm³/mol. The summed E-state index contributed by atoms with van der Waals surface area (Å²) < 4.78 is 35.3. The van der Waals surface area contributed by atoms with E-state index in [4.69, 9.17) is 0 Å². The van der Waals surface area contributed by atoms with E-state index < -0.39 is 6.29 Å². The van der Waals surface area contributed by atoms with E-state index in [-0.39, 0.29) is 11.5 Å². The van der Waals surface area contributed by atoms with E-state index in [0.717, 1.165) is 0 Å². The summed E-state index contributed by atoms with van der Waals surface area (Å²) in [6, 6.07) is 4.38. The van der Waals surface area contributed by atoms with Gasteiger partial charge in [0.1, 0.15) is 22.4 Å². The molecular formula is C12H9BrF2N4O2. The lowest BCUT2D eigenvalue weighted by atomic mass is 10.3. The number of hydrogen-bond acceptors (Lipinski definition) is 6. The highest BCUT2D eigenvalue weighted by Gasteiger charge is 2.43. The Hall–Kier alpha value is -2.16. The number of ether oxygens (including phenoxy) is 2. The molecule has 0 bridgehead atoms. The first kappa shape index (κ1) is 13.8. The van der Waals surface area contributed by atoms with Crippen LogP contribution in [0.2, 0.25) is 0 Å². The molecule has 1 aromatic heterocycles. The molecule has 21 heavy (non-hydrogen) atoms. The first-order chi connectivity index (χ1) is 9.98. The highest BCUT2D eigenvalue weighted by molar-refractivity contribution is 9.10. The third-order valence-corrected chi connectivity index (χ3v) is 3.44. The number of rotatable bonds is 3. The molecule has 1 aliphatic rings. The molecule has 0 amide bonds. The van der Waals surface area contributed by atoms with Crippen LogP contribution in [-0.2, 0) is 0 Å². The topological polar surface area (TPSA) is 68.3 Å². The van der Waals surface area contributed by atoms with Crippen LogP contribution in [-0.4, -0.2) is 23.3 Å². The van der Waals surface area contributed by atoms with Crippen molar-refractivity contribution in [2.75, 3.05) is 17.7 Å². The van der Waals surface area contributed by atoms with Gasteiger partial charge in [-0.15, -0.1) is 8.78 Å². The summed E-state index contributed by atoms with van der Waals surface area (Å²) in [4.78, 5) is 8.10. The van der Waals surface area contributed by atoms with Gasteiger partial charge in [-0.2, -0.15) is 0 Å². The van der Waals surface area contributed by atoms with Gasteiger partial charge in [0.05, 0.1) is 0 Å². The summed E-state index contributed by atoms with van der Waals surface area (Å²) in [5, 5.41) is 5.88. The van der Waals surface area contributed by atoms with Crippen molar-refractivity contribution in [2.45, 2.75) is 6.29 Å². The van der Waals surface area contributed by atoms with Crippen LogP contribution in [0.1, 0.15) is 0 Å². The lowest BCUT2D eigenvalue weighted by Gasteiger charge is -2.10. The van der Waals surface area contributed by atoms with Crippen LogP contribution in [0.3, 0.4) is 0 Å². The summed E-state index contributed by atoms with van der Waals surface area (Å²) in [6.45, 7) is 0. The minimum absolute atomic E-state index is 0.0109. The highest BCUT2D eigenvalue weighted by atomic mass is 79.9. The number of halogens is 3. The lowest BCUT2D eigenvalue weighted by molar-refractivity contribution is -0.286. The number of fused-ring (bicyclic) bond motifs is 1. The fourth-order valence-corrected chi connectivity index (χ4v) is 2.30. The summed E-state index contributed by atoms with van der Waals surface area (Å²) in [7, 11) is 1.72. The predicted octanol–water partition coefficient (Wildman–Crippen LogP) is 3.35. The molecule has 0 fully saturated rings. The Morgan fingerprint density at radius 1 is 1.14 bits per heavy atom. The molecule has 0 atom stereocenters. The minimum Gasteiger partial charge on any atom is -0.395 e. The van der Waals surface area contributed by atoms with Gasteiger partial charge in [0.15, 0.2) is 11.5 Å². The molecule has 9 heteroatoms. The van der Waals surface area contributed by atoms with Crippen LogP contribution in [0.5, 0.6) is 11.5 Å². The van der Waals surface area contributed by atoms with E-state index in [2.05, 4.69) is 46.0 Å². The maximum atomic E-state index is 13.0. The SMILES string of the molecule is CNc1ncnc(Nc2ccc3c(c2)OC(F)(F)O3)c1Br. The quantitative estimate of drug-likeness (QED) is 0.876. The normalized spacial score (nSPS) is 14.9. The van der Waals surface area contributed by atoms with E-state index in [0.29, 0.717) is 21.8 Å². The molecule has 1 aliphatic heterocycles. The van der Waals surface area contributed by atoms with E-state index >= 15 is 0 Å². The van der Waals surface area contributed by atoms with Crippen LogP contribution in [0.15, 0.2) is 29.0 Å². The molecule has 0 saturated heterocycles. The monoisotopic (exact) mass is 358 g/mol. The van der Waals surface area contributed by atoms with Crippen LogP contribution < -0.4 is 20.1 Å². The third kappa shape index (κ3) is 2.68. The fourth-order valence-electron chi connectivity index (χ4n) is 1.79. The second-order valence-corrected chi connectivity index (χ2v) is 4.88. The minimum atomic E-state index is -3.63. The van der Waals surface area contributed by atoms with Gasteiger partial charge in [-0.05, 0) is 28.1 Å². The Bertz CT molecular complexity index is 699. The maximum absolute atomic E-state index is 13.0. The van der Waals surface area contributed by atoms with Crippen molar-refractivity contribution >= 4 is 33.3 Å². The van der Waals surface area contributed by atoms with Crippen LogP contribution in [0, 0.1) is 0 Å². The average Bonchev–Trinajstić information content (AvgIpc) is 2.74. The lowest BCUT2D eigenvalue weighted by Crippen LogP contribution is -2.25. The van der Waals surface area contributed by atoms with Gasteiger partial charge in [-0.25, -0.2) is 9.97 Å². The number of aromatic nitrogens is 2. The standard InChI is InChI=1S/C12H9BrF2N4O2/c1-16-10-9(13)11(18-5-17-10)19-6-2-3-7-8(4-6)21-12(14,15)20-7/h2-5H,1H3,(H2,16,17,18,19). The van der Waals surface area contributed by atoms with Crippen molar-refractivity contribution in [3.8, 4) is 11.5 Å². The van der Waals surface area contributed by atoms with Gasteiger partial charge in [-0.3, -0.25) is 0 Å². The number of nitrogens with one attached hydrogen (secondary N) is 2. The van der Waals surface area contributed by atoms with E-state index in [1.165, 1.54) is 18.5 Å². The number of alkyl halides is 2. The Labute approximate surface area is 126 Å². The molecule has 0 spiro atoms. The van der Waals surface area contributed by atoms with Crippen molar-refractivity contribution in [2.24, 2.45) is 0 Å². The second kappa shape index (κ2) is 4.99. The Balaban J connectivity index is 1.87. The largest absolute Gasteiger partial charge is 0.586 e. The first-order valence-electron chi connectivity index (χ1n) is 5.84. The van der Waals surface area contributed by atoms with Crippen LogP contribution in [0.4, 0.5) is 26.1 Å². The molecule has 2 N–H and O–H groups in total. The average molecular weight is 359 g/mol. The van der Waals surface area contributed by atoms with Gasteiger partial charge in [0, 0.05) is 18.8 Å². The molecule has 6 nitrogen and oxygen atoms in total. The zero-order chi connectivity index (χ0) is 15.0. The van der Waals surface area contributed by atoms with Crippen molar-refractivity contribution in [1.82, 2.24) is 9.97 Å². The summed E-state index contributed by atoms with van der Waals surface area (Å²) in [5.74, 6) is 1.03. The summed E-state index contributed by atoms with van der Waals surface area (Å²) in [6.07, 6.45) is -2.25. The zero-order valence-corrected chi connectivity index (χ0v) is 12.2. The summed E-state index contributed by atoms with van der Waals surface area (Å²) in [5.41, 5.74) is 0.525. The summed E-state index contributed by atoms with van der Waals surface area (Å²) >= 11 is 3.35. The molecule has 1 aromatic carbocycles. The Kier molecular flexibility index (Phi) is 3.28. The number of hydrogen-bond donors (Lipinski definition) is 2. The second-order valence-electron chi connectivity index (χ2n) is 4.09. The molecule has 110 valence electrons. The van der Waals surface area contributed by atoms with E-state index in [1.807, 2.05) is 0 Å². The molecule has 2 heterocycles. The van der Waals surface area contributed by atoms with Crippen molar-refractivity contribution in [3.63, 3.8) is 0 Å². The smallest absolute Gasteiger partial charge is 0.395 e. The fraction of sp³-hybridized carbons (Fsp3) is 0.167. The van der Waals surface area contributed by atoms with Crippen molar-refractivity contribution in [1.29, 1.82) is 0 Å². The Morgan fingerprint density at radius 3 is 2.62 bits per heavy atom. The Morgan fingerprint density at radius 2 is 1.86 bits per heavy atom. The molecule has 0 saturated carbocycles. The van der Waals surface area contributed by atoms with Gasteiger partial charge >= 0.3 is 6.29 Å². The van der Waals surface area contributed by atoms with Gasteiger partial charge in [0.25, 0.3) is 0 Å². The van der Waals surface area contributed by atoms with Gasteiger partial charge < -0.3 is 20.1 Å². The van der Waals surface area contributed by atoms with Gasteiger partial charge in [-0.1, -0.05) is 0 Å². The number of anilines is 3. The zero-order valence-electron chi connectivity index (χ0n) is 10.7. The van der Waals surface area contributed by atoms with E-state index in [1.54, 1.807) is 13.1 Å². The molecule has 0 radical (unpaired) electrons. The molecular weight excluding hydrogens is 350 g/mol. The molecule has 0 unspecified atom stereocenters. The van der Waals surface area contributed by atoms with Gasteiger partial charge in [0.2, 0.25) is 0 Å². The highest BCUT2D eigenvalue weighted by Crippen LogP contribution is 2.42. The van der Waals surface area contributed by atoms with Crippen molar-refractivity contribution in [3.05, 3.63) is 29.0 Å². The third-order valence-electron chi connectivity index (χ3n) is 2.69. The number of benzene rings is 1. The van der Waals surface area contributed by atoms with Crippen LogP contribution >= 0.6 is 15.9 Å². The number of nitrogens with zero attached hydrogens (tertiary/aromatic N) is 2. The van der Waals surface area contributed by atoms with Crippen LogP contribution in [0.25, 0.3) is 0 Å². The molecule has 3 rings (SSSR count). The van der Waals surface area contributed by atoms with E-state index in [9.17, 15) is 8.78 Å². The first-order valence-corrected chi connectivity index (χ1v) is 6.63. The molecule has 2 aromatic rings. The van der Waals surface area contributed by atoms with Crippen molar-refractivity contribution < 1.29 is 18.3 Å². The maximum Gasteiger partial charge on any atom is 0.586 e. The molecule has 0 aliphatic carbocycles.